The van der Waals surface area contributed by atoms with Gasteiger partial charge in [-0.05, 0) is 6.42 Å². The first kappa shape index (κ1) is 7.82. The molecule has 0 saturated carbocycles. The summed E-state index contributed by atoms with van der Waals surface area (Å²) in [5.41, 5.74) is 0. The van der Waals surface area contributed by atoms with Gasteiger partial charge in [0.05, 0.1) is 5.75 Å². The average Bonchev–Trinajstić information content (AvgIpc) is 1.83. The van der Waals surface area contributed by atoms with Crippen LogP contribution in [0.25, 0.3) is 0 Å². The van der Waals surface area contributed by atoms with Gasteiger partial charge in [-0.3, -0.25) is 4.79 Å². The van der Waals surface area contributed by atoms with E-state index >= 15 is 0 Å². The van der Waals surface area contributed by atoms with E-state index in [0.717, 1.165) is 13.0 Å². The van der Waals surface area contributed by atoms with Crippen LogP contribution in [-0.4, -0.2) is 18.2 Å². The van der Waals surface area contributed by atoms with Crippen molar-refractivity contribution in [3.05, 3.63) is 0 Å². The lowest BCUT2D eigenvalue weighted by Gasteiger charge is -1.96. The molecule has 0 radical (unpaired) electrons. The van der Waals surface area contributed by atoms with E-state index in [-0.39, 0.29) is 5.91 Å². The monoisotopic (exact) mass is 133 g/mol. The Morgan fingerprint density at radius 2 is 2.38 bits per heavy atom. The van der Waals surface area contributed by atoms with Gasteiger partial charge in [0.25, 0.3) is 0 Å². The molecule has 0 aromatic carbocycles. The van der Waals surface area contributed by atoms with Crippen molar-refractivity contribution >= 4 is 18.5 Å². The van der Waals surface area contributed by atoms with Crippen molar-refractivity contribution in [2.24, 2.45) is 0 Å². The molecule has 0 aliphatic rings. The second-order valence-corrected chi connectivity index (χ2v) is 1.82. The van der Waals surface area contributed by atoms with Gasteiger partial charge in [-0.2, -0.15) is 12.6 Å². The number of hydrogen-bond donors (Lipinski definition) is 2. The van der Waals surface area contributed by atoms with Gasteiger partial charge < -0.3 is 5.32 Å². The van der Waals surface area contributed by atoms with Crippen LogP contribution in [0.5, 0.6) is 0 Å². The van der Waals surface area contributed by atoms with Crippen molar-refractivity contribution in [2.75, 3.05) is 12.3 Å². The number of rotatable bonds is 3. The van der Waals surface area contributed by atoms with Crippen LogP contribution >= 0.6 is 12.6 Å². The summed E-state index contributed by atoms with van der Waals surface area (Å²) in [6.07, 6.45) is 0.986. The summed E-state index contributed by atoms with van der Waals surface area (Å²) in [6, 6.07) is 0. The molecule has 8 heavy (non-hydrogen) atoms. The number of amides is 1. The summed E-state index contributed by atoms with van der Waals surface area (Å²) in [4.78, 5) is 10.4. The van der Waals surface area contributed by atoms with Crippen molar-refractivity contribution < 1.29 is 4.79 Å². The van der Waals surface area contributed by atoms with Crippen LogP contribution in [0, 0.1) is 0 Å². The highest BCUT2D eigenvalue weighted by molar-refractivity contribution is 7.81. The minimum Gasteiger partial charge on any atom is -0.355 e. The molecule has 0 fully saturated rings. The number of nitrogens with one attached hydrogen (secondary N) is 1. The maximum atomic E-state index is 10.4. The second-order valence-electron chi connectivity index (χ2n) is 1.51. The molecule has 0 spiro atoms. The summed E-state index contributed by atoms with van der Waals surface area (Å²) >= 11 is 3.78. The molecule has 0 unspecified atom stereocenters. The predicted octanol–water partition coefficient (Wildman–Crippen LogP) is 0.442. The first-order valence-corrected chi connectivity index (χ1v) is 3.32. The molecule has 3 heteroatoms. The zero-order valence-electron chi connectivity index (χ0n) is 4.98. The van der Waals surface area contributed by atoms with Gasteiger partial charge in [0.2, 0.25) is 5.91 Å². The van der Waals surface area contributed by atoms with E-state index in [1.165, 1.54) is 0 Å². The lowest BCUT2D eigenvalue weighted by atomic mass is 10.5. The number of carbonyl (C=O) groups is 1. The molecule has 0 bridgehead atoms. The van der Waals surface area contributed by atoms with E-state index in [1.54, 1.807) is 0 Å². The van der Waals surface area contributed by atoms with Crippen molar-refractivity contribution in [2.45, 2.75) is 13.3 Å². The molecule has 48 valence electrons. The third-order valence-corrected chi connectivity index (χ3v) is 1.00. The molecule has 0 saturated heterocycles. The lowest BCUT2D eigenvalue weighted by Crippen LogP contribution is -2.24. The van der Waals surface area contributed by atoms with Gasteiger partial charge >= 0.3 is 0 Å². The van der Waals surface area contributed by atoms with Crippen LogP contribution in [0.3, 0.4) is 0 Å². The van der Waals surface area contributed by atoms with Crippen molar-refractivity contribution in [3.63, 3.8) is 0 Å². The largest absolute Gasteiger partial charge is 0.355 e. The minimum absolute atomic E-state index is 0.00943. The van der Waals surface area contributed by atoms with E-state index in [9.17, 15) is 4.79 Å². The van der Waals surface area contributed by atoms with Gasteiger partial charge in [0.15, 0.2) is 0 Å². The third kappa shape index (κ3) is 3.99. The third-order valence-electron chi connectivity index (χ3n) is 0.716. The molecular weight excluding hydrogens is 122 g/mol. The van der Waals surface area contributed by atoms with Gasteiger partial charge in [0, 0.05) is 6.54 Å². The Morgan fingerprint density at radius 3 is 2.75 bits per heavy atom. The molecule has 1 N–H and O–H groups in total. The first-order chi connectivity index (χ1) is 3.81. The molecule has 0 heterocycles. The summed E-state index contributed by atoms with van der Waals surface area (Å²) in [5.74, 6) is 0.301. The predicted molar refractivity (Wildman–Crippen MR) is 37.2 cm³/mol. The van der Waals surface area contributed by atoms with Gasteiger partial charge in [-0.25, -0.2) is 0 Å². The smallest absolute Gasteiger partial charge is 0.229 e. The molecule has 0 aliphatic heterocycles. The zero-order chi connectivity index (χ0) is 6.41. The van der Waals surface area contributed by atoms with Gasteiger partial charge in [-0.15, -0.1) is 0 Å². The SMILES string of the molecule is CCCNC(=O)CS. The summed E-state index contributed by atoms with van der Waals surface area (Å²) in [7, 11) is 0. The molecule has 2 nitrogen and oxygen atoms in total. The van der Waals surface area contributed by atoms with E-state index in [4.69, 9.17) is 0 Å². The van der Waals surface area contributed by atoms with Gasteiger partial charge in [-0.1, -0.05) is 6.92 Å². The van der Waals surface area contributed by atoms with Crippen LogP contribution in [0.15, 0.2) is 0 Å². The van der Waals surface area contributed by atoms with Gasteiger partial charge in [0.1, 0.15) is 0 Å². The summed E-state index contributed by atoms with van der Waals surface area (Å²) in [6.45, 7) is 2.78. The minimum atomic E-state index is 0.00943. The van der Waals surface area contributed by atoms with E-state index in [0.29, 0.717) is 5.75 Å². The van der Waals surface area contributed by atoms with E-state index < -0.39 is 0 Å². The first-order valence-electron chi connectivity index (χ1n) is 2.68. The zero-order valence-corrected chi connectivity index (χ0v) is 5.87. The maximum Gasteiger partial charge on any atom is 0.229 e. The quantitative estimate of drug-likeness (QED) is 0.537. The standard InChI is InChI=1S/C5H11NOS/c1-2-3-6-5(7)4-8/h8H,2-4H2,1H3,(H,6,7). The maximum absolute atomic E-state index is 10.4. The topological polar surface area (TPSA) is 29.1 Å². The Morgan fingerprint density at radius 1 is 1.75 bits per heavy atom. The highest BCUT2D eigenvalue weighted by Gasteiger charge is 1.91. The fourth-order valence-electron chi connectivity index (χ4n) is 0.320. The Balaban J connectivity index is 2.99. The fraction of sp³-hybridized carbons (Fsp3) is 0.800. The summed E-state index contributed by atoms with van der Waals surface area (Å²) < 4.78 is 0. The number of thiol groups is 1. The molecule has 0 aromatic heterocycles. The van der Waals surface area contributed by atoms with Crippen LogP contribution in [0.4, 0.5) is 0 Å². The van der Waals surface area contributed by atoms with Crippen LogP contribution in [0.1, 0.15) is 13.3 Å². The van der Waals surface area contributed by atoms with E-state index in [2.05, 4.69) is 17.9 Å². The molecule has 1 amide bonds. The Labute approximate surface area is 55.1 Å². The summed E-state index contributed by atoms with van der Waals surface area (Å²) in [5, 5.41) is 2.67. The van der Waals surface area contributed by atoms with Crippen LogP contribution in [0.2, 0.25) is 0 Å². The molecule has 0 atom stereocenters. The van der Waals surface area contributed by atoms with Crippen molar-refractivity contribution in [1.29, 1.82) is 0 Å². The normalized spacial score (nSPS) is 8.75. The highest BCUT2D eigenvalue weighted by Crippen LogP contribution is 1.74. The highest BCUT2D eigenvalue weighted by atomic mass is 32.1. The molecule has 0 aliphatic carbocycles. The van der Waals surface area contributed by atoms with Crippen molar-refractivity contribution in [1.82, 2.24) is 5.32 Å². The van der Waals surface area contributed by atoms with Crippen LogP contribution in [-0.2, 0) is 4.79 Å². The molecular formula is C5H11NOS. The lowest BCUT2D eigenvalue weighted by molar-refractivity contribution is -0.118. The number of carbonyl (C=O) groups excluding carboxylic acids is 1. The fourth-order valence-corrected chi connectivity index (χ4v) is 0.432. The Kier molecular flexibility index (Phi) is 4.85. The molecule has 0 aromatic rings. The Hall–Kier alpha value is -0.180. The Bertz CT molecular complexity index is 74.8. The van der Waals surface area contributed by atoms with Crippen molar-refractivity contribution in [3.8, 4) is 0 Å². The average molecular weight is 133 g/mol. The van der Waals surface area contributed by atoms with Crippen LogP contribution < -0.4 is 5.32 Å². The number of hydrogen-bond acceptors (Lipinski definition) is 2. The second kappa shape index (κ2) is 4.97. The van der Waals surface area contributed by atoms with E-state index in [1.807, 2.05) is 6.92 Å². The molecule has 0 rings (SSSR count).